The minimum absolute atomic E-state index is 1.24. The normalized spacial score (nSPS) is 12.3. The molecule has 206 valence electrons. The summed E-state index contributed by atoms with van der Waals surface area (Å²) in [7, 11) is 4.40. The maximum atomic E-state index is 2.41. The zero-order valence-electron chi connectivity index (χ0n) is 24.6. The summed E-state index contributed by atoms with van der Waals surface area (Å²) in [6.07, 6.45) is 0. The van der Waals surface area contributed by atoms with Gasteiger partial charge in [0, 0.05) is 57.6 Å². The fourth-order valence-corrected chi connectivity index (χ4v) is 7.87. The summed E-state index contributed by atoms with van der Waals surface area (Å²) in [6, 6.07) is 49.7. The largest absolute Gasteiger partial charge is 0.344 e. The number of nitrogens with zero attached hydrogens (tertiary/aromatic N) is 2. The molecule has 0 unspecified atom stereocenters. The van der Waals surface area contributed by atoms with Crippen molar-refractivity contribution < 1.29 is 0 Å². The van der Waals surface area contributed by atoms with Crippen LogP contribution in [0.3, 0.4) is 0 Å². The van der Waals surface area contributed by atoms with Crippen LogP contribution < -0.4 is 0 Å². The monoisotopic (exact) mass is 560 g/mol. The number of rotatable bonds is 1. The molecule has 0 radical (unpaired) electrons. The van der Waals surface area contributed by atoms with E-state index in [0.29, 0.717) is 0 Å². The Bertz CT molecular complexity index is 2840. The Morgan fingerprint density at radius 3 is 1.64 bits per heavy atom. The smallest absolute Gasteiger partial charge is 0.0568 e. The quantitative estimate of drug-likeness (QED) is 0.189. The molecule has 0 aliphatic heterocycles. The molecular formula is C42H28N2. The van der Waals surface area contributed by atoms with Crippen LogP contribution in [-0.4, -0.2) is 9.13 Å². The lowest BCUT2D eigenvalue weighted by Crippen LogP contribution is -1.89. The number of fused-ring (bicyclic) bond motifs is 13. The SMILES string of the molecule is Cn1c2ccc3ccccc3c2c2c3cc(-c4ccc5ccc6c7cc8ccccc8cc7n(C)c6c5c4)ccc3ccc21. The van der Waals surface area contributed by atoms with Crippen molar-refractivity contribution >= 4 is 86.7 Å². The predicted octanol–water partition coefficient (Wildman–Crippen LogP) is 11.3. The minimum Gasteiger partial charge on any atom is -0.344 e. The van der Waals surface area contributed by atoms with E-state index < -0.39 is 0 Å². The van der Waals surface area contributed by atoms with Gasteiger partial charge in [-0.25, -0.2) is 0 Å². The Morgan fingerprint density at radius 1 is 0.341 bits per heavy atom. The average Bonchev–Trinajstić information content (AvgIpc) is 3.53. The Hall–Kier alpha value is -5.60. The van der Waals surface area contributed by atoms with Gasteiger partial charge >= 0.3 is 0 Å². The molecule has 8 aromatic carbocycles. The van der Waals surface area contributed by atoms with Gasteiger partial charge in [0.2, 0.25) is 0 Å². The van der Waals surface area contributed by atoms with Gasteiger partial charge in [-0.1, -0.05) is 97.1 Å². The Labute approximate surface area is 254 Å². The molecule has 0 bridgehead atoms. The van der Waals surface area contributed by atoms with E-state index in [1.165, 1.54) is 97.8 Å². The van der Waals surface area contributed by atoms with Crippen molar-refractivity contribution in [2.45, 2.75) is 0 Å². The van der Waals surface area contributed by atoms with Gasteiger partial charge in [-0.3, -0.25) is 0 Å². The maximum absolute atomic E-state index is 2.41. The van der Waals surface area contributed by atoms with Crippen LogP contribution in [0.1, 0.15) is 0 Å². The molecular weight excluding hydrogens is 532 g/mol. The van der Waals surface area contributed by atoms with E-state index in [9.17, 15) is 0 Å². The summed E-state index contributed by atoms with van der Waals surface area (Å²) >= 11 is 0. The zero-order valence-corrected chi connectivity index (χ0v) is 24.6. The van der Waals surface area contributed by atoms with E-state index in [-0.39, 0.29) is 0 Å². The highest BCUT2D eigenvalue weighted by molar-refractivity contribution is 6.28. The maximum Gasteiger partial charge on any atom is 0.0568 e. The van der Waals surface area contributed by atoms with Crippen LogP contribution in [0.15, 0.2) is 133 Å². The first-order chi connectivity index (χ1) is 21.6. The second-order valence-electron chi connectivity index (χ2n) is 12.3. The van der Waals surface area contributed by atoms with Crippen LogP contribution in [0.5, 0.6) is 0 Å². The van der Waals surface area contributed by atoms with E-state index in [0.717, 1.165) is 0 Å². The van der Waals surface area contributed by atoms with Gasteiger partial charge in [0.1, 0.15) is 0 Å². The van der Waals surface area contributed by atoms with E-state index in [1.54, 1.807) is 0 Å². The number of benzene rings is 8. The molecule has 0 aliphatic carbocycles. The van der Waals surface area contributed by atoms with Gasteiger partial charge < -0.3 is 9.13 Å². The molecule has 0 spiro atoms. The van der Waals surface area contributed by atoms with Crippen LogP contribution in [0, 0.1) is 0 Å². The lowest BCUT2D eigenvalue weighted by molar-refractivity contribution is 1.02. The van der Waals surface area contributed by atoms with E-state index in [2.05, 4.69) is 157 Å². The molecule has 10 rings (SSSR count). The second-order valence-corrected chi connectivity index (χ2v) is 12.3. The highest BCUT2D eigenvalue weighted by Gasteiger charge is 2.16. The summed E-state index contributed by atoms with van der Waals surface area (Å²) in [6.45, 7) is 0. The first-order valence-corrected chi connectivity index (χ1v) is 15.3. The van der Waals surface area contributed by atoms with Crippen LogP contribution in [-0.2, 0) is 14.1 Å². The summed E-state index contributed by atoms with van der Waals surface area (Å²) < 4.78 is 4.73. The highest BCUT2D eigenvalue weighted by atomic mass is 14.9. The van der Waals surface area contributed by atoms with Crippen molar-refractivity contribution in [2.24, 2.45) is 14.1 Å². The fourth-order valence-electron chi connectivity index (χ4n) is 7.87. The number of aryl methyl sites for hydroxylation is 2. The zero-order chi connectivity index (χ0) is 29.1. The molecule has 2 heteroatoms. The van der Waals surface area contributed by atoms with Crippen LogP contribution in [0.25, 0.3) is 97.8 Å². The van der Waals surface area contributed by atoms with Gasteiger partial charge in [-0.05, 0) is 85.2 Å². The van der Waals surface area contributed by atoms with E-state index in [4.69, 9.17) is 0 Å². The van der Waals surface area contributed by atoms with Gasteiger partial charge in [-0.2, -0.15) is 0 Å². The molecule has 0 amide bonds. The molecule has 2 aromatic heterocycles. The second kappa shape index (κ2) is 8.49. The summed E-state index contributed by atoms with van der Waals surface area (Å²) in [5.74, 6) is 0. The third kappa shape index (κ3) is 3.10. The first kappa shape index (κ1) is 23.9. The number of hydrogen-bond acceptors (Lipinski definition) is 0. The van der Waals surface area contributed by atoms with Gasteiger partial charge in [0.05, 0.1) is 5.52 Å². The predicted molar refractivity (Wildman–Crippen MR) is 190 cm³/mol. The minimum atomic E-state index is 1.24. The van der Waals surface area contributed by atoms with Gasteiger partial charge in [-0.15, -0.1) is 0 Å². The van der Waals surface area contributed by atoms with Crippen molar-refractivity contribution in [1.29, 1.82) is 0 Å². The van der Waals surface area contributed by atoms with Crippen molar-refractivity contribution in [3.8, 4) is 11.1 Å². The third-order valence-electron chi connectivity index (χ3n) is 10.1. The lowest BCUT2D eigenvalue weighted by Gasteiger charge is -2.10. The van der Waals surface area contributed by atoms with E-state index >= 15 is 0 Å². The Kier molecular flexibility index (Phi) is 4.61. The van der Waals surface area contributed by atoms with Crippen LogP contribution in [0.2, 0.25) is 0 Å². The van der Waals surface area contributed by atoms with Gasteiger partial charge in [0.15, 0.2) is 0 Å². The van der Waals surface area contributed by atoms with Crippen molar-refractivity contribution in [1.82, 2.24) is 9.13 Å². The summed E-state index contributed by atoms with van der Waals surface area (Å²) in [5.41, 5.74) is 7.58. The highest BCUT2D eigenvalue weighted by Crippen LogP contribution is 2.41. The van der Waals surface area contributed by atoms with Crippen LogP contribution >= 0.6 is 0 Å². The summed E-state index contributed by atoms with van der Waals surface area (Å²) in [4.78, 5) is 0. The number of aromatic nitrogens is 2. The topological polar surface area (TPSA) is 9.86 Å². The molecule has 44 heavy (non-hydrogen) atoms. The third-order valence-corrected chi connectivity index (χ3v) is 10.1. The van der Waals surface area contributed by atoms with Crippen molar-refractivity contribution in [3.05, 3.63) is 133 Å². The average molecular weight is 561 g/mol. The lowest BCUT2D eigenvalue weighted by atomic mass is 9.95. The molecule has 0 saturated carbocycles. The molecule has 10 aromatic rings. The first-order valence-electron chi connectivity index (χ1n) is 15.3. The Balaban J connectivity index is 1.26. The molecule has 0 atom stereocenters. The van der Waals surface area contributed by atoms with Crippen LogP contribution in [0.4, 0.5) is 0 Å². The summed E-state index contributed by atoms with van der Waals surface area (Å²) in [5, 5.41) is 15.6. The van der Waals surface area contributed by atoms with Crippen molar-refractivity contribution in [3.63, 3.8) is 0 Å². The van der Waals surface area contributed by atoms with Crippen molar-refractivity contribution in [2.75, 3.05) is 0 Å². The molecule has 0 fully saturated rings. The van der Waals surface area contributed by atoms with Gasteiger partial charge in [0.25, 0.3) is 0 Å². The standard InChI is InChI=1S/C42H28N2/c1-43-37-19-16-25-7-5-6-10-32(25)40(37)41-34-21-30(13-11-26(34)17-20-38(41)43)31-14-12-27-15-18-33-36-23-28-8-3-4-9-29(28)24-39(36)44(2)42(33)35(27)22-31/h3-24H,1-2H3. The fraction of sp³-hybridized carbons (Fsp3) is 0.0476. The molecule has 2 heterocycles. The molecule has 0 saturated heterocycles. The molecule has 0 aliphatic rings. The van der Waals surface area contributed by atoms with E-state index in [1.807, 2.05) is 0 Å². The molecule has 2 nitrogen and oxygen atoms in total. The Morgan fingerprint density at radius 2 is 0.886 bits per heavy atom. The molecule has 0 N–H and O–H groups in total. The number of hydrogen-bond donors (Lipinski definition) is 0.